The third-order valence-electron chi connectivity index (χ3n) is 3.53. The Labute approximate surface area is 114 Å². The number of benzene rings is 1. The highest BCUT2D eigenvalue weighted by molar-refractivity contribution is 6.30. The van der Waals surface area contributed by atoms with Crippen LogP contribution >= 0.6 is 11.6 Å². The number of nitrogens with one attached hydrogen (secondary N) is 1. The summed E-state index contributed by atoms with van der Waals surface area (Å²) < 4.78 is 0. The number of rotatable bonds is 5. The van der Waals surface area contributed by atoms with Crippen molar-refractivity contribution in [2.24, 2.45) is 5.92 Å². The molecule has 0 saturated carbocycles. The Bertz CT molecular complexity index is 405. The summed E-state index contributed by atoms with van der Waals surface area (Å²) in [4.78, 5) is 0. The van der Waals surface area contributed by atoms with Gasteiger partial charge in [0.2, 0.25) is 0 Å². The fourth-order valence-electron chi connectivity index (χ4n) is 2.70. The SMILES string of the molecule is CC(C)CC(O)CNC1CCc2cc(Cl)ccc21. The van der Waals surface area contributed by atoms with Crippen LogP contribution in [0.5, 0.6) is 0 Å². The highest BCUT2D eigenvalue weighted by atomic mass is 35.5. The Balaban J connectivity index is 1.90. The van der Waals surface area contributed by atoms with Crippen LogP contribution < -0.4 is 5.32 Å². The summed E-state index contributed by atoms with van der Waals surface area (Å²) >= 11 is 6.00. The molecule has 0 heterocycles. The van der Waals surface area contributed by atoms with Crippen molar-refractivity contribution in [3.8, 4) is 0 Å². The molecule has 2 atom stereocenters. The first-order valence-corrected chi connectivity index (χ1v) is 7.14. The van der Waals surface area contributed by atoms with Gasteiger partial charge in [0.1, 0.15) is 0 Å². The van der Waals surface area contributed by atoms with E-state index in [-0.39, 0.29) is 6.10 Å². The van der Waals surface area contributed by atoms with E-state index in [1.54, 1.807) is 0 Å². The van der Waals surface area contributed by atoms with Gasteiger partial charge in [-0.2, -0.15) is 0 Å². The van der Waals surface area contributed by atoms with E-state index in [4.69, 9.17) is 11.6 Å². The zero-order valence-electron chi connectivity index (χ0n) is 11.1. The quantitative estimate of drug-likeness (QED) is 0.858. The molecule has 0 spiro atoms. The number of fused-ring (bicyclic) bond motifs is 1. The van der Waals surface area contributed by atoms with Gasteiger partial charge in [-0.05, 0) is 48.4 Å². The summed E-state index contributed by atoms with van der Waals surface area (Å²) in [7, 11) is 0. The first-order valence-electron chi connectivity index (χ1n) is 6.76. The van der Waals surface area contributed by atoms with E-state index in [0.29, 0.717) is 18.5 Å². The molecule has 2 rings (SSSR count). The van der Waals surface area contributed by atoms with Gasteiger partial charge in [-0.1, -0.05) is 31.5 Å². The molecule has 1 aromatic rings. The number of hydrogen-bond acceptors (Lipinski definition) is 2. The first-order chi connectivity index (χ1) is 8.56. The molecule has 1 aromatic carbocycles. The summed E-state index contributed by atoms with van der Waals surface area (Å²) in [5, 5.41) is 14.2. The van der Waals surface area contributed by atoms with Crippen molar-refractivity contribution in [2.75, 3.05) is 6.54 Å². The first kappa shape index (κ1) is 13.9. The van der Waals surface area contributed by atoms with Crippen LogP contribution in [0.25, 0.3) is 0 Å². The third-order valence-corrected chi connectivity index (χ3v) is 3.76. The van der Waals surface area contributed by atoms with E-state index in [9.17, 15) is 5.11 Å². The monoisotopic (exact) mass is 267 g/mol. The fourth-order valence-corrected chi connectivity index (χ4v) is 2.90. The van der Waals surface area contributed by atoms with Gasteiger partial charge in [0, 0.05) is 17.6 Å². The van der Waals surface area contributed by atoms with Gasteiger partial charge < -0.3 is 10.4 Å². The maximum Gasteiger partial charge on any atom is 0.0667 e. The van der Waals surface area contributed by atoms with Gasteiger partial charge in [-0.25, -0.2) is 0 Å². The molecule has 0 aliphatic heterocycles. The van der Waals surface area contributed by atoms with Crippen molar-refractivity contribution in [1.29, 1.82) is 0 Å². The zero-order valence-corrected chi connectivity index (χ0v) is 11.9. The lowest BCUT2D eigenvalue weighted by molar-refractivity contribution is 0.142. The number of aryl methyl sites for hydroxylation is 1. The van der Waals surface area contributed by atoms with E-state index < -0.39 is 0 Å². The highest BCUT2D eigenvalue weighted by Crippen LogP contribution is 2.32. The van der Waals surface area contributed by atoms with Crippen LogP contribution in [-0.2, 0) is 6.42 Å². The summed E-state index contributed by atoms with van der Waals surface area (Å²) in [5.41, 5.74) is 2.69. The zero-order chi connectivity index (χ0) is 13.1. The lowest BCUT2D eigenvalue weighted by atomic mass is 10.0. The Morgan fingerprint density at radius 1 is 1.44 bits per heavy atom. The van der Waals surface area contributed by atoms with E-state index in [2.05, 4.69) is 31.3 Å². The minimum Gasteiger partial charge on any atom is -0.392 e. The van der Waals surface area contributed by atoms with E-state index in [1.165, 1.54) is 11.1 Å². The van der Waals surface area contributed by atoms with Gasteiger partial charge >= 0.3 is 0 Å². The highest BCUT2D eigenvalue weighted by Gasteiger charge is 2.22. The second kappa shape index (κ2) is 6.05. The molecule has 0 radical (unpaired) electrons. The van der Waals surface area contributed by atoms with Crippen LogP contribution in [0.15, 0.2) is 18.2 Å². The van der Waals surface area contributed by atoms with Gasteiger partial charge in [0.05, 0.1) is 6.10 Å². The Morgan fingerprint density at radius 3 is 2.94 bits per heavy atom. The van der Waals surface area contributed by atoms with Crippen molar-refractivity contribution in [1.82, 2.24) is 5.32 Å². The molecule has 0 amide bonds. The molecule has 2 N–H and O–H groups in total. The summed E-state index contributed by atoms with van der Waals surface area (Å²) in [5.74, 6) is 0.538. The predicted octanol–water partition coefficient (Wildman–Crippen LogP) is 3.32. The largest absolute Gasteiger partial charge is 0.392 e. The van der Waals surface area contributed by atoms with Crippen LogP contribution in [0.4, 0.5) is 0 Å². The molecule has 2 nitrogen and oxygen atoms in total. The maximum atomic E-state index is 9.89. The smallest absolute Gasteiger partial charge is 0.0667 e. The maximum absolute atomic E-state index is 9.89. The standard InChI is InChI=1S/C15H22ClNO/c1-10(2)7-13(18)9-17-15-6-3-11-8-12(16)4-5-14(11)15/h4-5,8,10,13,15,17-18H,3,6-7,9H2,1-2H3. The molecule has 0 saturated heterocycles. The molecule has 2 unspecified atom stereocenters. The average molecular weight is 268 g/mol. The number of hydrogen-bond donors (Lipinski definition) is 2. The molecule has 0 bridgehead atoms. The van der Waals surface area contributed by atoms with Crippen molar-refractivity contribution in [3.05, 3.63) is 34.3 Å². The summed E-state index contributed by atoms with van der Waals surface area (Å²) in [6.07, 6.45) is 2.78. The Morgan fingerprint density at radius 2 is 2.22 bits per heavy atom. The molecule has 1 aliphatic rings. The molecule has 3 heteroatoms. The minimum absolute atomic E-state index is 0.249. The van der Waals surface area contributed by atoms with Crippen molar-refractivity contribution >= 4 is 11.6 Å². The van der Waals surface area contributed by atoms with E-state index in [1.807, 2.05) is 6.07 Å². The minimum atomic E-state index is -0.249. The van der Waals surface area contributed by atoms with E-state index >= 15 is 0 Å². The predicted molar refractivity (Wildman–Crippen MR) is 76.0 cm³/mol. The Kier molecular flexibility index (Phi) is 4.66. The number of halogens is 1. The molecule has 100 valence electrons. The van der Waals surface area contributed by atoms with Crippen molar-refractivity contribution in [3.63, 3.8) is 0 Å². The lowest BCUT2D eigenvalue weighted by Gasteiger charge is -2.18. The number of aliphatic hydroxyl groups is 1. The normalized spacial score (nSPS) is 20.2. The topological polar surface area (TPSA) is 32.3 Å². The van der Waals surface area contributed by atoms with E-state index in [0.717, 1.165) is 24.3 Å². The van der Waals surface area contributed by atoms with Gasteiger partial charge in [-0.15, -0.1) is 0 Å². The summed E-state index contributed by atoms with van der Waals surface area (Å²) in [6.45, 7) is 4.94. The van der Waals surface area contributed by atoms with Crippen LogP contribution in [0.3, 0.4) is 0 Å². The van der Waals surface area contributed by atoms with Crippen LogP contribution in [0.1, 0.15) is 43.9 Å². The van der Waals surface area contributed by atoms with Gasteiger partial charge in [0.15, 0.2) is 0 Å². The third kappa shape index (κ3) is 3.47. The van der Waals surface area contributed by atoms with Gasteiger partial charge in [-0.3, -0.25) is 0 Å². The molecule has 1 aliphatic carbocycles. The molecule has 0 aromatic heterocycles. The molecular formula is C15H22ClNO. The summed E-state index contributed by atoms with van der Waals surface area (Å²) in [6, 6.07) is 6.49. The molecule has 18 heavy (non-hydrogen) atoms. The molecule has 0 fully saturated rings. The Hall–Kier alpha value is -0.570. The van der Waals surface area contributed by atoms with Crippen molar-refractivity contribution < 1.29 is 5.11 Å². The van der Waals surface area contributed by atoms with Gasteiger partial charge in [0.25, 0.3) is 0 Å². The average Bonchev–Trinajstić information content (AvgIpc) is 2.67. The van der Waals surface area contributed by atoms with Crippen LogP contribution in [-0.4, -0.2) is 17.8 Å². The second-order valence-corrected chi connectivity index (χ2v) is 6.06. The van der Waals surface area contributed by atoms with Crippen LogP contribution in [0, 0.1) is 5.92 Å². The van der Waals surface area contributed by atoms with Crippen molar-refractivity contribution in [2.45, 2.75) is 45.3 Å². The lowest BCUT2D eigenvalue weighted by Crippen LogP contribution is -2.30. The second-order valence-electron chi connectivity index (χ2n) is 5.63. The van der Waals surface area contributed by atoms with Crippen LogP contribution in [0.2, 0.25) is 5.02 Å². The molecular weight excluding hydrogens is 246 g/mol. The number of aliphatic hydroxyl groups excluding tert-OH is 1. The fraction of sp³-hybridized carbons (Fsp3) is 0.600.